The van der Waals surface area contributed by atoms with Gasteiger partial charge in [0.1, 0.15) is 23.9 Å². The van der Waals surface area contributed by atoms with Crippen LogP contribution in [0.25, 0.3) is 0 Å². The van der Waals surface area contributed by atoms with Crippen LogP contribution < -0.4 is 4.74 Å². The maximum atomic E-state index is 10.9. The Labute approximate surface area is 166 Å². The van der Waals surface area contributed by atoms with Crippen molar-refractivity contribution in [2.75, 3.05) is 32.8 Å². The number of hydrogen-bond donors (Lipinski definition) is 0. The molecule has 0 amide bonds. The number of fused-ring (bicyclic) bond motifs is 1. The zero-order valence-corrected chi connectivity index (χ0v) is 16.5. The highest BCUT2D eigenvalue weighted by Gasteiger charge is 2.18. The van der Waals surface area contributed by atoms with Crippen molar-refractivity contribution < 1.29 is 18.7 Å². The van der Waals surface area contributed by atoms with Crippen LogP contribution in [0.2, 0.25) is 0 Å². The third-order valence-electron chi connectivity index (χ3n) is 5.36. The minimum Gasteiger partial charge on any atom is -0.493 e. The summed E-state index contributed by atoms with van der Waals surface area (Å²) >= 11 is 0. The van der Waals surface area contributed by atoms with Gasteiger partial charge in [-0.2, -0.15) is 0 Å². The maximum absolute atomic E-state index is 10.9. The van der Waals surface area contributed by atoms with Crippen molar-refractivity contribution in [1.29, 1.82) is 0 Å². The van der Waals surface area contributed by atoms with Crippen LogP contribution in [0.5, 0.6) is 5.75 Å². The van der Waals surface area contributed by atoms with Gasteiger partial charge in [0.15, 0.2) is 0 Å². The Morgan fingerprint density at radius 2 is 1.82 bits per heavy atom. The van der Waals surface area contributed by atoms with E-state index in [1.807, 2.05) is 12.1 Å². The van der Waals surface area contributed by atoms with Gasteiger partial charge in [-0.05, 0) is 48.8 Å². The van der Waals surface area contributed by atoms with E-state index >= 15 is 0 Å². The number of ether oxygens (including phenoxy) is 2. The minimum absolute atomic E-state index is 0.203. The molecule has 0 saturated carbocycles. The lowest BCUT2D eigenvalue weighted by Crippen LogP contribution is -2.30. The fourth-order valence-corrected chi connectivity index (χ4v) is 3.92. The van der Waals surface area contributed by atoms with Gasteiger partial charge in [0, 0.05) is 33.0 Å². The van der Waals surface area contributed by atoms with Crippen LogP contribution in [0.1, 0.15) is 36.0 Å². The average Bonchev–Trinajstić information content (AvgIpc) is 3.27. The summed E-state index contributed by atoms with van der Waals surface area (Å²) in [5.41, 5.74) is 2.72. The number of carbonyl (C=O) groups excluding carboxylic acids is 1. The van der Waals surface area contributed by atoms with Crippen LogP contribution in [0.3, 0.4) is 0 Å². The fraction of sp³-hybridized carbons (Fsp3) is 0.500. The highest BCUT2D eigenvalue weighted by atomic mass is 16.5. The van der Waals surface area contributed by atoms with Crippen molar-refractivity contribution in [2.24, 2.45) is 0 Å². The second-order valence-electron chi connectivity index (χ2n) is 7.59. The first-order chi connectivity index (χ1) is 13.7. The number of esters is 1. The molecule has 2 aliphatic heterocycles. The maximum Gasteiger partial charge on any atom is 0.303 e. The molecule has 0 radical (unpaired) electrons. The molecule has 4 rings (SSSR count). The Kier molecular flexibility index (Phi) is 5.98. The van der Waals surface area contributed by atoms with Crippen LogP contribution in [-0.2, 0) is 35.6 Å². The van der Waals surface area contributed by atoms with E-state index in [4.69, 9.17) is 13.9 Å². The van der Waals surface area contributed by atoms with E-state index in [0.717, 1.165) is 70.2 Å². The summed E-state index contributed by atoms with van der Waals surface area (Å²) in [6.07, 6.45) is 2.18. The lowest BCUT2D eigenvalue weighted by molar-refractivity contribution is -0.142. The molecule has 0 N–H and O–H groups in total. The normalized spacial score (nSPS) is 17.8. The molecule has 1 aromatic heterocycles. The molecule has 0 atom stereocenters. The van der Waals surface area contributed by atoms with E-state index in [1.165, 1.54) is 18.1 Å². The first-order valence-corrected chi connectivity index (χ1v) is 10.1. The SMILES string of the molecule is CC(=O)OCc1ccc(CN2CCCN(Cc3ccc4c(c3)CCO4)CC2)o1. The first kappa shape index (κ1) is 19.0. The molecule has 1 fully saturated rings. The Morgan fingerprint density at radius 1 is 1.04 bits per heavy atom. The molecule has 0 bridgehead atoms. The quantitative estimate of drug-likeness (QED) is 0.714. The Bertz CT molecular complexity index is 817. The van der Waals surface area contributed by atoms with Gasteiger partial charge < -0.3 is 13.9 Å². The van der Waals surface area contributed by atoms with Crippen molar-refractivity contribution in [3.63, 3.8) is 0 Å². The van der Waals surface area contributed by atoms with Gasteiger partial charge in [0.05, 0.1) is 13.2 Å². The van der Waals surface area contributed by atoms with Gasteiger partial charge in [-0.15, -0.1) is 0 Å². The van der Waals surface area contributed by atoms with E-state index in [1.54, 1.807) is 0 Å². The molecule has 6 nitrogen and oxygen atoms in total. The number of nitrogens with zero attached hydrogens (tertiary/aromatic N) is 2. The van der Waals surface area contributed by atoms with Crippen molar-refractivity contribution in [3.8, 4) is 5.75 Å². The summed E-state index contributed by atoms with van der Waals surface area (Å²) in [5.74, 6) is 2.38. The van der Waals surface area contributed by atoms with Crippen molar-refractivity contribution in [2.45, 2.75) is 39.5 Å². The number of carbonyl (C=O) groups is 1. The number of benzene rings is 1. The molecule has 0 aliphatic carbocycles. The Morgan fingerprint density at radius 3 is 2.64 bits per heavy atom. The number of hydrogen-bond acceptors (Lipinski definition) is 6. The van der Waals surface area contributed by atoms with E-state index in [-0.39, 0.29) is 12.6 Å². The summed E-state index contributed by atoms with van der Waals surface area (Å²) < 4.78 is 16.4. The average molecular weight is 384 g/mol. The molecule has 2 aliphatic rings. The zero-order valence-electron chi connectivity index (χ0n) is 16.5. The van der Waals surface area contributed by atoms with E-state index < -0.39 is 0 Å². The lowest BCUT2D eigenvalue weighted by Gasteiger charge is -2.21. The van der Waals surface area contributed by atoms with Crippen LogP contribution in [0, 0.1) is 0 Å². The predicted molar refractivity (Wildman–Crippen MR) is 105 cm³/mol. The van der Waals surface area contributed by atoms with E-state index in [0.29, 0.717) is 5.76 Å². The van der Waals surface area contributed by atoms with E-state index in [9.17, 15) is 4.79 Å². The Balaban J connectivity index is 1.27. The topological polar surface area (TPSA) is 55.2 Å². The van der Waals surface area contributed by atoms with Gasteiger partial charge >= 0.3 is 5.97 Å². The van der Waals surface area contributed by atoms with Gasteiger partial charge in [0.2, 0.25) is 0 Å². The Hall–Kier alpha value is -2.31. The van der Waals surface area contributed by atoms with Crippen LogP contribution in [0.15, 0.2) is 34.7 Å². The molecule has 2 aromatic rings. The van der Waals surface area contributed by atoms with Gasteiger partial charge in [-0.25, -0.2) is 0 Å². The second-order valence-corrected chi connectivity index (χ2v) is 7.59. The van der Waals surface area contributed by atoms with E-state index in [2.05, 4.69) is 28.0 Å². The third-order valence-corrected chi connectivity index (χ3v) is 5.36. The molecule has 150 valence electrons. The second kappa shape index (κ2) is 8.80. The first-order valence-electron chi connectivity index (χ1n) is 10.1. The molecule has 1 aromatic carbocycles. The number of rotatable bonds is 6. The molecule has 0 spiro atoms. The van der Waals surface area contributed by atoms with Crippen molar-refractivity contribution in [1.82, 2.24) is 9.80 Å². The fourth-order valence-electron chi connectivity index (χ4n) is 3.92. The zero-order chi connectivity index (χ0) is 19.3. The van der Waals surface area contributed by atoms with Crippen LogP contribution in [-0.4, -0.2) is 48.6 Å². The molecule has 0 unspecified atom stereocenters. The van der Waals surface area contributed by atoms with Crippen LogP contribution in [0.4, 0.5) is 0 Å². The summed E-state index contributed by atoms with van der Waals surface area (Å²) in [7, 11) is 0. The van der Waals surface area contributed by atoms with Crippen molar-refractivity contribution >= 4 is 5.97 Å². The molecule has 1 saturated heterocycles. The largest absolute Gasteiger partial charge is 0.493 e. The smallest absolute Gasteiger partial charge is 0.303 e. The van der Waals surface area contributed by atoms with Gasteiger partial charge in [0.25, 0.3) is 0 Å². The molecule has 6 heteroatoms. The minimum atomic E-state index is -0.290. The van der Waals surface area contributed by atoms with Gasteiger partial charge in [-0.1, -0.05) is 12.1 Å². The summed E-state index contributed by atoms with van der Waals surface area (Å²) in [4.78, 5) is 15.9. The number of furan rings is 1. The summed E-state index contributed by atoms with van der Waals surface area (Å²) in [6, 6.07) is 10.5. The lowest BCUT2D eigenvalue weighted by atomic mass is 10.1. The molecular weight excluding hydrogens is 356 g/mol. The van der Waals surface area contributed by atoms with Crippen molar-refractivity contribution in [3.05, 3.63) is 53.0 Å². The monoisotopic (exact) mass is 384 g/mol. The third kappa shape index (κ3) is 4.94. The highest BCUT2D eigenvalue weighted by Crippen LogP contribution is 2.26. The van der Waals surface area contributed by atoms with Crippen LogP contribution >= 0.6 is 0 Å². The molecular formula is C22H28N2O4. The predicted octanol–water partition coefficient (Wildman–Crippen LogP) is 2.99. The standard InChI is InChI=1S/C22H28N2O4/c1-17(25)27-16-21-5-4-20(28-21)15-24-9-2-8-23(10-11-24)14-18-3-6-22-19(13-18)7-12-26-22/h3-6,13H,2,7-12,14-16H2,1H3. The van der Waals surface area contributed by atoms with Gasteiger partial charge in [-0.3, -0.25) is 14.6 Å². The molecule has 3 heterocycles. The summed E-state index contributed by atoms with van der Waals surface area (Å²) in [6.45, 7) is 8.46. The molecule has 28 heavy (non-hydrogen) atoms. The summed E-state index contributed by atoms with van der Waals surface area (Å²) in [5, 5.41) is 0. The highest BCUT2D eigenvalue weighted by molar-refractivity contribution is 5.65.